The number of carbonyl (C=O) groups excluding carboxylic acids is 1. The predicted molar refractivity (Wildman–Crippen MR) is 95.0 cm³/mol. The van der Waals surface area contributed by atoms with Crippen LogP contribution in [0, 0.1) is 6.92 Å². The highest BCUT2D eigenvalue weighted by molar-refractivity contribution is 6.07. The molecule has 0 aliphatic rings. The molecule has 6 nitrogen and oxygen atoms in total. The fourth-order valence-corrected chi connectivity index (χ4v) is 2.37. The molecule has 0 spiro atoms. The Morgan fingerprint density at radius 2 is 1.72 bits per heavy atom. The van der Waals surface area contributed by atoms with Gasteiger partial charge in [0.1, 0.15) is 5.76 Å². The molecule has 25 heavy (non-hydrogen) atoms. The number of rotatable bonds is 4. The lowest BCUT2D eigenvalue weighted by molar-refractivity contribution is 0.102. The molecule has 0 atom stereocenters. The second-order valence-corrected chi connectivity index (χ2v) is 5.48. The monoisotopic (exact) mass is 336 g/mol. The normalized spacial score (nSPS) is 10.3. The Labute approximate surface area is 143 Å². The van der Waals surface area contributed by atoms with Gasteiger partial charge >= 0.3 is 5.63 Å². The van der Waals surface area contributed by atoms with E-state index < -0.39 is 11.5 Å². The van der Waals surface area contributed by atoms with Gasteiger partial charge in [-0.05, 0) is 19.1 Å². The highest BCUT2D eigenvalue weighted by atomic mass is 16.5. The van der Waals surface area contributed by atoms with Crippen LogP contribution in [0.5, 0.6) is 0 Å². The fraction of sp³-hybridized carbons (Fsp3) is 0.0526. The van der Waals surface area contributed by atoms with Crippen LogP contribution in [0.15, 0.2) is 69.9 Å². The molecule has 0 saturated heterocycles. The van der Waals surface area contributed by atoms with Crippen LogP contribution in [0.1, 0.15) is 15.9 Å². The molecule has 0 unspecified atom stereocenters. The number of hydrogen-bond donors (Lipinski definition) is 3. The molecule has 3 rings (SSSR count). The van der Waals surface area contributed by atoms with Crippen LogP contribution in [0.4, 0.5) is 11.4 Å². The van der Waals surface area contributed by atoms with Crippen LogP contribution in [-0.4, -0.2) is 11.1 Å². The molecule has 126 valence electrons. The minimum absolute atomic E-state index is 0.0280. The molecule has 3 aromatic rings. The molecule has 1 heterocycles. The van der Waals surface area contributed by atoms with Crippen molar-refractivity contribution in [1.82, 2.24) is 0 Å². The van der Waals surface area contributed by atoms with Crippen molar-refractivity contribution in [1.29, 1.82) is 0 Å². The molecule has 1 aromatic heterocycles. The first-order valence-corrected chi connectivity index (χ1v) is 7.60. The number of hydrogen-bond acceptors (Lipinski definition) is 5. The standard InChI is InChI=1S/C19H16N2O4/c1-12-7-9-14(10-8-12)20-18(22)17-15(21-24)11-16(25-19(17)23)13-5-3-2-4-6-13/h2-11,21,24H,1H3,(H,20,22). The topological polar surface area (TPSA) is 91.6 Å². The number of benzene rings is 2. The highest BCUT2D eigenvalue weighted by Crippen LogP contribution is 2.23. The third kappa shape index (κ3) is 3.59. The van der Waals surface area contributed by atoms with Gasteiger partial charge in [0.2, 0.25) is 0 Å². The van der Waals surface area contributed by atoms with Gasteiger partial charge in [-0.3, -0.25) is 15.5 Å². The van der Waals surface area contributed by atoms with Crippen molar-refractivity contribution in [2.75, 3.05) is 10.8 Å². The van der Waals surface area contributed by atoms with Gasteiger partial charge in [-0.2, -0.15) is 0 Å². The lowest BCUT2D eigenvalue weighted by Gasteiger charge is -2.10. The maximum atomic E-state index is 12.4. The molecule has 0 aliphatic carbocycles. The number of aryl methyl sites for hydroxylation is 1. The zero-order valence-corrected chi connectivity index (χ0v) is 13.4. The van der Waals surface area contributed by atoms with Crippen molar-refractivity contribution >= 4 is 17.3 Å². The minimum atomic E-state index is -0.845. The summed E-state index contributed by atoms with van der Waals surface area (Å²) in [6.45, 7) is 1.93. The molecular weight excluding hydrogens is 320 g/mol. The van der Waals surface area contributed by atoms with Crippen molar-refractivity contribution in [2.24, 2.45) is 0 Å². The summed E-state index contributed by atoms with van der Waals surface area (Å²) < 4.78 is 5.25. The maximum Gasteiger partial charge on any atom is 0.351 e. The average Bonchev–Trinajstić information content (AvgIpc) is 2.63. The van der Waals surface area contributed by atoms with E-state index >= 15 is 0 Å². The lowest BCUT2D eigenvalue weighted by atomic mass is 10.1. The summed E-state index contributed by atoms with van der Waals surface area (Å²) in [5.74, 6) is -0.428. The quantitative estimate of drug-likeness (QED) is 0.632. The third-order valence-electron chi connectivity index (χ3n) is 3.67. The fourth-order valence-electron chi connectivity index (χ4n) is 2.37. The highest BCUT2D eigenvalue weighted by Gasteiger charge is 2.20. The maximum absolute atomic E-state index is 12.4. The van der Waals surface area contributed by atoms with Gasteiger partial charge in [0.15, 0.2) is 5.56 Å². The smallest absolute Gasteiger partial charge is 0.351 e. The van der Waals surface area contributed by atoms with E-state index in [1.165, 1.54) is 6.07 Å². The van der Waals surface area contributed by atoms with Crippen LogP contribution in [0.25, 0.3) is 11.3 Å². The SMILES string of the molecule is Cc1ccc(NC(=O)c2c(NO)cc(-c3ccccc3)oc2=O)cc1. The minimum Gasteiger partial charge on any atom is -0.422 e. The summed E-state index contributed by atoms with van der Waals surface area (Å²) >= 11 is 0. The summed E-state index contributed by atoms with van der Waals surface area (Å²) in [5, 5.41) is 12.0. The Balaban J connectivity index is 1.97. The third-order valence-corrected chi connectivity index (χ3v) is 3.67. The van der Waals surface area contributed by atoms with Crippen LogP contribution in [-0.2, 0) is 0 Å². The van der Waals surface area contributed by atoms with Crippen molar-refractivity contribution < 1.29 is 14.4 Å². The van der Waals surface area contributed by atoms with Crippen LogP contribution < -0.4 is 16.4 Å². The van der Waals surface area contributed by atoms with E-state index in [0.717, 1.165) is 5.56 Å². The molecule has 3 N–H and O–H groups in total. The molecule has 0 bridgehead atoms. The van der Waals surface area contributed by atoms with Crippen LogP contribution in [0.3, 0.4) is 0 Å². The first kappa shape index (κ1) is 16.5. The Bertz CT molecular complexity index is 947. The molecule has 6 heteroatoms. The van der Waals surface area contributed by atoms with Gasteiger partial charge in [0.05, 0.1) is 5.69 Å². The van der Waals surface area contributed by atoms with Gasteiger partial charge in [-0.15, -0.1) is 0 Å². The number of anilines is 2. The van der Waals surface area contributed by atoms with Crippen molar-refractivity contribution in [2.45, 2.75) is 6.92 Å². The van der Waals surface area contributed by atoms with E-state index in [9.17, 15) is 14.8 Å². The second kappa shape index (κ2) is 7.02. The van der Waals surface area contributed by atoms with E-state index in [0.29, 0.717) is 11.3 Å². The van der Waals surface area contributed by atoms with E-state index in [2.05, 4.69) is 5.32 Å². The van der Waals surface area contributed by atoms with E-state index in [1.54, 1.807) is 36.4 Å². The summed E-state index contributed by atoms with van der Waals surface area (Å²) in [5.41, 5.74) is 2.96. The van der Waals surface area contributed by atoms with Gasteiger partial charge in [0.25, 0.3) is 5.91 Å². The van der Waals surface area contributed by atoms with Gasteiger partial charge in [-0.1, -0.05) is 48.0 Å². The summed E-state index contributed by atoms with van der Waals surface area (Å²) in [4.78, 5) is 24.7. The zero-order chi connectivity index (χ0) is 17.8. The molecule has 1 amide bonds. The Morgan fingerprint density at radius 1 is 1.04 bits per heavy atom. The van der Waals surface area contributed by atoms with Gasteiger partial charge in [-0.25, -0.2) is 4.79 Å². The van der Waals surface area contributed by atoms with E-state index in [-0.39, 0.29) is 17.0 Å². The molecule has 0 radical (unpaired) electrons. The summed E-state index contributed by atoms with van der Waals surface area (Å²) in [6, 6.07) is 17.4. The number of amides is 1. The summed E-state index contributed by atoms with van der Waals surface area (Å²) in [6.07, 6.45) is 0. The lowest BCUT2D eigenvalue weighted by Crippen LogP contribution is -2.23. The first-order valence-electron chi connectivity index (χ1n) is 7.60. The largest absolute Gasteiger partial charge is 0.422 e. The van der Waals surface area contributed by atoms with E-state index in [4.69, 9.17) is 4.42 Å². The van der Waals surface area contributed by atoms with Gasteiger partial charge in [0, 0.05) is 17.3 Å². The number of nitrogens with one attached hydrogen (secondary N) is 2. The molecule has 2 aromatic carbocycles. The van der Waals surface area contributed by atoms with E-state index in [1.807, 2.05) is 30.6 Å². The van der Waals surface area contributed by atoms with Crippen molar-refractivity contribution in [3.05, 3.63) is 82.2 Å². The predicted octanol–water partition coefficient (Wildman–Crippen LogP) is 3.67. The van der Waals surface area contributed by atoms with Crippen LogP contribution in [0.2, 0.25) is 0 Å². The molecule has 0 saturated carbocycles. The van der Waals surface area contributed by atoms with Crippen molar-refractivity contribution in [3.63, 3.8) is 0 Å². The van der Waals surface area contributed by atoms with Gasteiger partial charge < -0.3 is 9.73 Å². The average molecular weight is 336 g/mol. The number of carbonyl (C=O) groups is 1. The molecule has 0 aliphatic heterocycles. The summed E-state index contributed by atoms with van der Waals surface area (Å²) in [7, 11) is 0. The zero-order valence-electron chi connectivity index (χ0n) is 13.4. The molecule has 0 fully saturated rings. The Morgan fingerprint density at radius 3 is 2.36 bits per heavy atom. The molecular formula is C19H16N2O4. The first-order chi connectivity index (χ1) is 12.1. The second-order valence-electron chi connectivity index (χ2n) is 5.48. The van der Waals surface area contributed by atoms with Crippen molar-refractivity contribution in [3.8, 4) is 11.3 Å². The Kier molecular flexibility index (Phi) is 4.63. The van der Waals surface area contributed by atoms with Crippen LogP contribution >= 0.6 is 0 Å². The Hall–Kier alpha value is -3.38.